The molecule has 7 aromatic rings. The molecule has 0 aliphatic heterocycles. The number of aryl methyl sites for hydroxylation is 8. The van der Waals surface area contributed by atoms with Crippen LogP contribution in [0, 0.1) is 62.3 Å². The van der Waals surface area contributed by atoms with Crippen molar-refractivity contribution >= 4 is 0 Å². The van der Waals surface area contributed by atoms with Crippen molar-refractivity contribution in [1.29, 1.82) is 0 Å². The van der Waals surface area contributed by atoms with Crippen molar-refractivity contribution in [3.8, 4) is 0 Å². The standard InChI is InChI=1S/3C9H14N2.3C8H12N2.C7H10N2/c1-6(2)9-5-10-11-8(4)7(9)3;1-6(2)9-7(3)5-10-11-8(9)4;1-6(2)9-5-7(3)10-11-8(9)4;1-6(2)8-5-10-9-4-7(8)3;1-6(2)8-4-7(3)10-9-5-8;1-6(2)8-4-5-9-10-7(8)3;1-6(2)7-3-4-8-9-5-7/h3*5-6H,1-4H3;3*4-6H,1-3H3;3-6H,1-2H3. The van der Waals surface area contributed by atoms with Crippen LogP contribution in [0.25, 0.3) is 0 Å². The van der Waals surface area contributed by atoms with Gasteiger partial charge < -0.3 is 0 Å². The summed E-state index contributed by atoms with van der Waals surface area (Å²) in [4.78, 5) is 0. The molecule has 14 heteroatoms. The predicted octanol–water partition coefficient (Wildman–Crippen LogP) is 14.0. The van der Waals surface area contributed by atoms with Gasteiger partial charge in [-0.15, -0.1) is 0 Å². The smallest absolute Gasteiger partial charge is 0.0637 e. The largest absolute Gasteiger partial charge is 0.159 e. The molecule has 0 N–H and O–H groups in total. The molecule has 14 nitrogen and oxygen atoms in total. The van der Waals surface area contributed by atoms with Gasteiger partial charge in [0.2, 0.25) is 0 Å². The number of aromatic nitrogens is 14. The van der Waals surface area contributed by atoms with Gasteiger partial charge in [0.05, 0.1) is 71.3 Å². The molecule has 0 unspecified atom stereocenters. The molecule has 0 saturated heterocycles. The molecule has 0 atom stereocenters. The molecule has 0 spiro atoms. The molecule has 0 radical (unpaired) electrons. The molecule has 0 bridgehead atoms. The van der Waals surface area contributed by atoms with Crippen molar-refractivity contribution in [3.63, 3.8) is 0 Å². The Morgan fingerprint density at radius 1 is 0.292 bits per heavy atom. The number of rotatable bonds is 7. The number of hydrogen-bond acceptors (Lipinski definition) is 14. The van der Waals surface area contributed by atoms with Crippen LogP contribution >= 0.6 is 0 Å². The van der Waals surface area contributed by atoms with E-state index in [9.17, 15) is 0 Å². The lowest BCUT2D eigenvalue weighted by atomic mass is 9.98. The summed E-state index contributed by atoms with van der Waals surface area (Å²) >= 11 is 0. The highest BCUT2D eigenvalue weighted by Gasteiger charge is 2.09. The zero-order valence-corrected chi connectivity index (χ0v) is 48.2. The van der Waals surface area contributed by atoms with Gasteiger partial charge in [-0.1, -0.05) is 96.9 Å². The lowest BCUT2D eigenvalue weighted by molar-refractivity contribution is 0.806. The molecule has 0 amide bonds. The highest BCUT2D eigenvalue weighted by molar-refractivity contribution is 5.29. The van der Waals surface area contributed by atoms with E-state index >= 15 is 0 Å². The van der Waals surface area contributed by atoms with Crippen molar-refractivity contribution in [1.82, 2.24) is 71.4 Å². The van der Waals surface area contributed by atoms with Crippen molar-refractivity contribution in [2.75, 3.05) is 0 Å². The third kappa shape index (κ3) is 23.6. The Bertz CT molecular complexity index is 2510. The van der Waals surface area contributed by atoms with Crippen molar-refractivity contribution in [3.05, 3.63) is 164 Å². The zero-order chi connectivity index (χ0) is 54.7. The van der Waals surface area contributed by atoms with E-state index in [-0.39, 0.29) is 0 Å². The maximum absolute atomic E-state index is 4.05. The highest BCUT2D eigenvalue weighted by Crippen LogP contribution is 2.21. The van der Waals surface area contributed by atoms with Crippen molar-refractivity contribution < 1.29 is 0 Å². The normalized spacial score (nSPS) is 10.5. The molecule has 72 heavy (non-hydrogen) atoms. The molecule has 7 rings (SSSR count). The molecule has 0 aliphatic carbocycles. The number of hydrogen-bond donors (Lipinski definition) is 0. The van der Waals surface area contributed by atoms with Crippen LogP contribution in [-0.4, -0.2) is 71.4 Å². The summed E-state index contributed by atoms with van der Waals surface area (Å²) in [5.74, 6) is 3.85. The minimum Gasteiger partial charge on any atom is -0.159 e. The van der Waals surface area contributed by atoms with Gasteiger partial charge in [0, 0.05) is 12.4 Å². The fourth-order valence-corrected chi connectivity index (χ4v) is 7.25. The topological polar surface area (TPSA) is 180 Å². The van der Waals surface area contributed by atoms with Gasteiger partial charge in [0.15, 0.2) is 0 Å². The minimum absolute atomic E-state index is 0.546. The Labute approximate surface area is 434 Å². The van der Waals surface area contributed by atoms with Crippen LogP contribution in [0.5, 0.6) is 0 Å². The lowest BCUT2D eigenvalue weighted by Gasteiger charge is -2.10. The van der Waals surface area contributed by atoms with Gasteiger partial charge in [-0.3, -0.25) is 0 Å². The van der Waals surface area contributed by atoms with E-state index in [1.165, 1.54) is 55.6 Å². The van der Waals surface area contributed by atoms with Crippen LogP contribution in [0.4, 0.5) is 0 Å². The van der Waals surface area contributed by atoms with Gasteiger partial charge in [-0.25, -0.2) is 0 Å². The Kier molecular flexibility index (Phi) is 29.4. The average molecular weight is 981 g/mol. The first kappa shape index (κ1) is 63.6. The first-order chi connectivity index (χ1) is 33.8. The molecular formula is C58H88N14. The summed E-state index contributed by atoms with van der Waals surface area (Å²) in [5.41, 5.74) is 18.9. The van der Waals surface area contributed by atoms with Crippen LogP contribution < -0.4 is 0 Å². The highest BCUT2D eigenvalue weighted by atomic mass is 15.1. The predicted molar refractivity (Wildman–Crippen MR) is 295 cm³/mol. The SMILES string of the molecule is CC(C)c1ccnnc1.Cc1cc(C(C)C)c(C)nn1.Cc1cc(C(C)C)cnn1.Cc1cnnc(C)c1C(C)C.Cc1cnncc1C(C)C.Cc1nncc(C(C)C)c1C.Cc1nnccc1C(C)C. The Morgan fingerprint density at radius 2 is 0.750 bits per heavy atom. The third-order valence-corrected chi connectivity index (χ3v) is 11.5. The first-order valence-corrected chi connectivity index (χ1v) is 25.3. The van der Waals surface area contributed by atoms with E-state index < -0.39 is 0 Å². The summed E-state index contributed by atoms with van der Waals surface area (Å²) in [5, 5.41) is 54.3. The fraction of sp³-hybridized carbons (Fsp3) is 0.517. The Hall–Kier alpha value is -6.44. The Balaban J connectivity index is 0.000000420. The summed E-state index contributed by atoms with van der Waals surface area (Å²) in [6.07, 6.45) is 14.4. The lowest BCUT2D eigenvalue weighted by Crippen LogP contribution is -2.00. The molecule has 390 valence electrons. The van der Waals surface area contributed by atoms with E-state index in [0.717, 1.165) is 34.2 Å². The maximum atomic E-state index is 4.05. The van der Waals surface area contributed by atoms with E-state index in [0.29, 0.717) is 41.4 Å². The quantitative estimate of drug-likeness (QED) is 0.147. The third-order valence-electron chi connectivity index (χ3n) is 11.5. The minimum atomic E-state index is 0.546. The first-order valence-electron chi connectivity index (χ1n) is 25.3. The summed E-state index contributed by atoms with van der Waals surface area (Å²) in [6.45, 7) is 48.4. The molecule has 7 aromatic heterocycles. The summed E-state index contributed by atoms with van der Waals surface area (Å²) < 4.78 is 0. The summed E-state index contributed by atoms with van der Waals surface area (Å²) in [6, 6.07) is 8.18. The summed E-state index contributed by atoms with van der Waals surface area (Å²) in [7, 11) is 0. The van der Waals surface area contributed by atoms with Crippen molar-refractivity contribution in [2.24, 2.45) is 0 Å². The van der Waals surface area contributed by atoms with E-state index in [4.69, 9.17) is 0 Å². The zero-order valence-electron chi connectivity index (χ0n) is 48.2. The van der Waals surface area contributed by atoms with Gasteiger partial charge in [-0.05, 0) is 184 Å². The van der Waals surface area contributed by atoms with Gasteiger partial charge in [0.25, 0.3) is 0 Å². The van der Waals surface area contributed by atoms with Crippen LogP contribution in [0.15, 0.2) is 73.8 Å². The molecule has 0 saturated carbocycles. The molecule has 0 aromatic carbocycles. The maximum Gasteiger partial charge on any atom is 0.0637 e. The molecular weight excluding hydrogens is 893 g/mol. The van der Waals surface area contributed by atoms with Crippen LogP contribution in [0.1, 0.15) is 228 Å². The molecule has 0 fully saturated rings. The van der Waals surface area contributed by atoms with E-state index in [2.05, 4.69) is 201 Å². The fourth-order valence-electron chi connectivity index (χ4n) is 7.25. The monoisotopic (exact) mass is 981 g/mol. The van der Waals surface area contributed by atoms with E-state index in [1.807, 2.05) is 78.5 Å². The molecule has 7 heterocycles. The van der Waals surface area contributed by atoms with Crippen LogP contribution in [0.2, 0.25) is 0 Å². The van der Waals surface area contributed by atoms with Crippen molar-refractivity contribution in [2.45, 2.75) is 201 Å². The van der Waals surface area contributed by atoms with Gasteiger partial charge in [-0.2, -0.15) is 71.4 Å². The molecule has 0 aliphatic rings. The second kappa shape index (κ2) is 33.3. The number of nitrogens with zero attached hydrogens (tertiary/aromatic N) is 14. The van der Waals surface area contributed by atoms with Gasteiger partial charge in [0.1, 0.15) is 0 Å². The van der Waals surface area contributed by atoms with Gasteiger partial charge >= 0.3 is 0 Å². The second-order valence-electron chi connectivity index (χ2n) is 20.2. The van der Waals surface area contributed by atoms with Crippen LogP contribution in [-0.2, 0) is 0 Å². The van der Waals surface area contributed by atoms with Crippen LogP contribution in [0.3, 0.4) is 0 Å². The van der Waals surface area contributed by atoms with E-state index in [1.54, 1.807) is 24.8 Å². The average Bonchev–Trinajstić information content (AvgIpc) is 3.32. The second-order valence-corrected chi connectivity index (χ2v) is 20.2. The Morgan fingerprint density at radius 3 is 1.15 bits per heavy atom.